The number of hydrogen-bond acceptors (Lipinski definition) is 7. The third-order valence-corrected chi connectivity index (χ3v) is 4.65. The molecule has 0 aliphatic carbocycles. The molecule has 2 aromatic carbocycles. The minimum absolute atomic E-state index is 0.0431. The van der Waals surface area contributed by atoms with E-state index >= 15 is 0 Å². The molecule has 0 spiro atoms. The van der Waals surface area contributed by atoms with Crippen LogP contribution in [0.3, 0.4) is 0 Å². The van der Waals surface area contributed by atoms with Crippen molar-refractivity contribution < 1.29 is 9.32 Å². The normalized spacial score (nSPS) is 10.8. The van der Waals surface area contributed by atoms with Crippen molar-refractivity contribution in [2.45, 2.75) is 6.54 Å². The second kappa shape index (κ2) is 8.60. The van der Waals surface area contributed by atoms with Crippen LogP contribution in [0.25, 0.3) is 28.5 Å². The smallest absolute Gasteiger partial charge is 0.291 e. The molecular weight excluding hydrogens is 406 g/mol. The summed E-state index contributed by atoms with van der Waals surface area (Å²) in [7, 11) is 0. The van der Waals surface area contributed by atoms with Gasteiger partial charge in [0, 0.05) is 23.5 Å². The Kier molecular flexibility index (Phi) is 5.19. The van der Waals surface area contributed by atoms with Gasteiger partial charge in [0.1, 0.15) is 0 Å². The van der Waals surface area contributed by atoms with E-state index in [1.807, 2.05) is 60.7 Å². The van der Waals surface area contributed by atoms with Gasteiger partial charge in [0.15, 0.2) is 5.82 Å². The summed E-state index contributed by atoms with van der Waals surface area (Å²) in [4.78, 5) is 25.5. The number of rotatable bonds is 6. The number of nitrogens with zero attached hydrogens (tertiary/aromatic N) is 6. The van der Waals surface area contributed by atoms with Gasteiger partial charge in [0.2, 0.25) is 17.5 Å². The van der Waals surface area contributed by atoms with E-state index < -0.39 is 5.91 Å². The first-order valence-corrected chi connectivity index (χ1v) is 9.87. The fraction of sp³-hybridized carbons (Fsp3) is 0.0435. The van der Waals surface area contributed by atoms with Crippen molar-refractivity contribution in [3.63, 3.8) is 0 Å². The van der Waals surface area contributed by atoms with Gasteiger partial charge >= 0.3 is 0 Å². The number of para-hydroxylation sites is 1. The molecule has 3 aromatic heterocycles. The molecule has 5 rings (SSSR count). The lowest BCUT2D eigenvalue weighted by Crippen LogP contribution is -2.24. The molecule has 9 nitrogen and oxygen atoms in total. The molecule has 0 saturated heterocycles. The average molecular weight is 423 g/mol. The van der Waals surface area contributed by atoms with Gasteiger partial charge in [-0.25, -0.2) is 9.67 Å². The van der Waals surface area contributed by atoms with Crippen LogP contribution in [0.1, 0.15) is 16.5 Å². The summed E-state index contributed by atoms with van der Waals surface area (Å²) in [6.45, 7) is 0.0530. The molecular formula is C23H17N7O2. The van der Waals surface area contributed by atoms with Crippen molar-refractivity contribution in [3.05, 3.63) is 96.9 Å². The monoisotopic (exact) mass is 423 g/mol. The Hall–Kier alpha value is -4.66. The minimum Gasteiger partial charge on any atom is -0.340 e. The third-order valence-electron chi connectivity index (χ3n) is 4.65. The highest BCUT2D eigenvalue weighted by molar-refractivity contribution is 5.90. The standard InChI is InChI=1S/C23H17N7O2/c31-23(25-15-19-26-20(29-32-19)16-11-13-24-14-12-16)21-27-22(17-7-3-1-4-8-17)30(28-21)18-9-5-2-6-10-18/h1-14H,15H2,(H,25,31). The van der Waals surface area contributed by atoms with Crippen LogP contribution >= 0.6 is 0 Å². The lowest BCUT2D eigenvalue weighted by molar-refractivity contribution is 0.0936. The largest absolute Gasteiger partial charge is 0.340 e. The first kappa shape index (κ1) is 19.3. The van der Waals surface area contributed by atoms with Crippen LogP contribution in [0.2, 0.25) is 0 Å². The molecule has 0 fully saturated rings. The Bertz CT molecular complexity index is 1280. The highest BCUT2D eigenvalue weighted by Crippen LogP contribution is 2.21. The highest BCUT2D eigenvalue weighted by atomic mass is 16.5. The van der Waals surface area contributed by atoms with E-state index in [1.165, 1.54) is 0 Å². The third kappa shape index (κ3) is 3.99. The highest BCUT2D eigenvalue weighted by Gasteiger charge is 2.19. The van der Waals surface area contributed by atoms with Gasteiger partial charge in [-0.05, 0) is 24.3 Å². The van der Waals surface area contributed by atoms with Crippen molar-refractivity contribution in [2.75, 3.05) is 0 Å². The van der Waals surface area contributed by atoms with E-state index in [0.717, 1.165) is 16.8 Å². The van der Waals surface area contributed by atoms with Crippen molar-refractivity contribution in [3.8, 4) is 28.5 Å². The van der Waals surface area contributed by atoms with Crippen LogP contribution in [0.15, 0.2) is 89.7 Å². The van der Waals surface area contributed by atoms with Gasteiger partial charge in [-0.15, -0.1) is 5.10 Å². The maximum atomic E-state index is 12.8. The lowest BCUT2D eigenvalue weighted by atomic mass is 10.2. The second-order valence-electron chi connectivity index (χ2n) is 6.80. The Balaban J connectivity index is 1.37. The summed E-state index contributed by atoms with van der Waals surface area (Å²) >= 11 is 0. The van der Waals surface area contributed by atoms with Crippen molar-refractivity contribution >= 4 is 5.91 Å². The summed E-state index contributed by atoms with van der Waals surface area (Å²) in [6, 6.07) is 22.7. The fourth-order valence-electron chi connectivity index (χ4n) is 3.11. The number of carbonyl (C=O) groups excluding carboxylic acids is 1. The lowest BCUT2D eigenvalue weighted by Gasteiger charge is -2.05. The maximum absolute atomic E-state index is 12.8. The number of aromatic nitrogens is 6. The zero-order chi connectivity index (χ0) is 21.8. The molecule has 3 heterocycles. The first-order valence-electron chi connectivity index (χ1n) is 9.87. The molecule has 9 heteroatoms. The summed E-state index contributed by atoms with van der Waals surface area (Å²) in [5.74, 6) is 0.868. The van der Waals surface area contributed by atoms with Crippen LogP contribution in [-0.2, 0) is 6.54 Å². The Morgan fingerprint density at radius 1 is 0.875 bits per heavy atom. The van der Waals surface area contributed by atoms with Crippen LogP contribution < -0.4 is 5.32 Å². The zero-order valence-corrected chi connectivity index (χ0v) is 16.8. The van der Waals surface area contributed by atoms with E-state index in [1.54, 1.807) is 29.2 Å². The molecule has 156 valence electrons. The zero-order valence-electron chi connectivity index (χ0n) is 16.8. The number of benzene rings is 2. The average Bonchev–Trinajstić information content (AvgIpc) is 3.52. The number of hydrogen-bond donors (Lipinski definition) is 1. The van der Waals surface area contributed by atoms with Gasteiger partial charge in [-0.1, -0.05) is 53.7 Å². The molecule has 0 unspecified atom stereocenters. The number of amides is 1. The Morgan fingerprint density at radius 2 is 1.59 bits per heavy atom. The quantitative estimate of drug-likeness (QED) is 0.446. The molecule has 5 aromatic rings. The van der Waals surface area contributed by atoms with Crippen LogP contribution in [0.5, 0.6) is 0 Å². The van der Waals surface area contributed by atoms with E-state index in [2.05, 4.69) is 30.5 Å². The van der Waals surface area contributed by atoms with E-state index in [4.69, 9.17) is 4.52 Å². The molecule has 0 aliphatic heterocycles. The molecule has 0 saturated carbocycles. The summed E-state index contributed by atoms with van der Waals surface area (Å²) in [6.07, 6.45) is 3.29. The van der Waals surface area contributed by atoms with Gasteiger partial charge < -0.3 is 9.84 Å². The predicted octanol–water partition coefficient (Wildman–Crippen LogP) is 3.31. The van der Waals surface area contributed by atoms with Crippen molar-refractivity contribution in [1.82, 2.24) is 35.2 Å². The van der Waals surface area contributed by atoms with Gasteiger partial charge in [0.25, 0.3) is 5.91 Å². The maximum Gasteiger partial charge on any atom is 0.291 e. The SMILES string of the molecule is O=C(NCc1nc(-c2ccncc2)no1)c1nc(-c2ccccc2)n(-c2ccccc2)n1. The van der Waals surface area contributed by atoms with Gasteiger partial charge in [-0.3, -0.25) is 9.78 Å². The molecule has 1 amide bonds. The van der Waals surface area contributed by atoms with Crippen LogP contribution in [0, 0.1) is 0 Å². The Morgan fingerprint density at radius 3 is 2.34 bits per heavy atom. The van der Waals surface area contributed by atoms with Gasteiger partial charge in [0.05, 0.1) is 12.2 Å². The first-order chi connectivity index (χ1) is 15.8. The minimum atomic E-state index is -0.444. The second-order valence-corrected chi connectivity index (χ2v) is 6.80. The topological polar surface area (TPSA) is 112 Å². The summed E-state index contributed by atoms with van der Waals surface area (Å²) in [5, 5.41) is 11.1. The van der Waals surface area contributed by atoms with Crippen molar-refractivity contribution in [2.24, 2.45) is 0 Å². The van der Waals surface area contributed by atoms with Gasteiger partial charge in [-0.2, -0.15) is 4.98 Å². The van der Waals surface area contributed by atoms with Crippen molar-refractivity contribution in [1.29, 1.82) is 0 Å². The van der Waals surface area contributed by atoms with E-state index in [9.17, 15) is 4.79 Å². The number of pyridine rings is 1. The number of carbonyl (C=O) groups is 1. The number of nitrogens with one attached hydrogen (secondary N) is 1. The van der Waals surface area contributed by atoms with E-state index in [0.29, 0.717) is 11.6 Å². The molecule has 0 radical (unpaired) electrons. The van der Waals surface area contributed by atoms with Crippen LogP contribution in [0.4, 0.5) is 0 Å². The predicted molar refractivity (Wildman–Crippen MR) is 115 cm³/mol. The summed E-state index contributed by atoms with van der Waals surface area (Å²) < 4.78 is 6.88. The molecule has 0 atom stereocenters. The molecule has 1 N–H and O–H groups in total. The molecule has 32 heavy (non-hydrogen) atoms. The molecule has 0 bridgehead atoms. The fourth-order valence-corrected chi connectivity index (χ4v) is 3.11. The molecule has 0 aliphatic rings. The van der Waals surface area contributed by atoms with E-state index in [-0.39, 0.29) is 18.3 Å². The summed E-state index contributed by atoms with van der Waals surface area (Å²) in [5.41, 5.74) is 2.43. The Labute approximate surface area is 182 Å². The van der Waals surface area contributed by atoms with Crippen LogP contribution in [-0.4, -0.2) is 35.8 Å².